The molecule has 0 saturated carbocycles. The van der Waals surface area contributed by atoms with Crippen molar-refractivity contribution in [3.63, 3.8) is 0 Å². The summed E-state index contributed by atoms with van der Waals surface area (Å²) >= 11 is 0. The van der Waals surface area contributed by atoms with Gasteiger partial charge in [-0.3, -0.25) is 9.10 Å². The molecular formula is C19H22N2O5S. The summed E-state index contributed by atoms with van der Waals surface area (Å²) < 4.78 is 36.0. The molecule has 1 fully saturated rings. The summed E-state index contributed by atoms with van der Waals surface area (Å²) in [5, 5.41) is 2.85. The molecule has 1 aliphatic rings. The predicted molar refractivity (Wildman–Crippen MR) is 104 cm³/mol. The summed E-state index contributed by atoms with van der Waals surface area (Å²) in [5.74, 6) is 0.891. The molecule has 0 atom stereocenters. The van der Waals surface area contributed by atoms with Gasteiger partial charge in [-0.15, -0.1) is 0 Å². The lowest BCUT2D eigenvalue weighted by Crippen LogP contribution is -2.25. The number of nitrogens with zero attached hydrogens (tertiary/aromatic N) is 1. The number of methoxy groups -OCH3 is 2. The third-order valence-corrected chi connectivity index (χ3v) is 6.36. The van der Waals surface area contributed by atoms with Crippen molar-refractivity contribution in [3.8, 4) is 11.5 Å². The number of carbonyl (C=O) groups excluding carboxylic acids is 1. The molecule has 0 aromatic heterocycles. The number of rotatable bonds is 5. The zero-order valence-electron chi connectivity index (χ0n) is 15.5. The van der Waals surface area contributed by atoms with Crippen molar-refractivity contribution in [2.24, 2.45) is 0 Å². The first-order chi connectivity index (χ1) is 12.9. The Morgan fingerprint density at radius 1 is 1.07 bits per heavy atom. The van der Waals surface area contributed by atoms with Crippen LogP contribution in [0.25, 0.3) is 0 Å². The Balaban J connectivity index is 1.81. The van der Waals surface area contributed by atoms with Gasteiger partial charge in [0, 0.05) is 17.8 Å². The molecule has 0 aliphatic carbocycles. The van der Waals surface area contributed by atoms with Crippen molar-refractivity contribution in [2.45, 2.75) is 13.3 Å². The molecule has 1 N–H and O–H groups in total. The Hall–Kier alpha value is -2.74. The monoisotopic (exact) mass is 390 g/mol. The highest BCUT2D eigenvalue weighted by molar-refractivity contribution is 7.93. The van der Waals surface area contributed by atoms with E-state index in [1.165, 1.54) is 18.5 Å². The van der Waals surface area contributed by atoms with Gasteiger partial charge in [0.15, 0.2) is 11.5 Å². The summed E-state index contributed by atoms with van der Waals surface area (Å²) in [7, 11) is -0.190. The van der Waals surface area contributed by atoms with Gasteiger partial charge in [0.25, 0.3) is 5.91 Å². The van der Waals surface area contributed by atoms with Gasteiger partial charge >= 0.3 is 0 Å². The van der Waals surface area contributed by atoms with Crippen molar-refractivity contribution < 1.29 is 22.7 Å². The molecule has 0 bridgehead atoms. The molecule has 1 heterocycles. The zero-order chi connectivity index (χ0) is 19.6. The summed E-state index contributed by atoms with van der Waals surface area (Å²) in [6, 6.07) is 10.1. The standard InChI is InChI=1S/C19H22N2O5S/c1-13-11-15(21-9-4-10-27(21,23)24)6-7-16(13)20-19(22)14-5-8-17(25-2)18(12-14)26-3/h5-8,11-12H,4,9-10H2,1-3H3,(H,20,22). The van der Waals surface area contributed by atoms with Gasteiger partial charge in [0.1, 0.15) is 0 Å². The van der Waals surface area contributed by atoms with E-state index in [9.17, 15) is 13.2 Å². The van der Waals surface area contributed by atoms with Crippen molar-refractivity contribution >= 4 is 27.3 Å². The topological polar surface area (TPSA) is 84.9 Å². The number of aryl methyl sites for hydroxylation is 1. The minimum atomic E-state index is -3.23. The minimum absolute atomic E-state index is 0.170. The fourth-order valence-electron chi connectivity index (χ4n) is 3.04. The summed E-state index contributed by atoms with van der Waals surface area (Å²) in [6.07, 6.45) is 0.624. The molecule has 7 nitrogen and oxygen atoms in total. The highest BCUT2D eigenvalue weighted by atomic mass is 32.2. The molecule has 2 aromatic rings. The molecule has 8 heteroatoms. The average molecular weight is 390 g/mol. The molecular weight excluding hydrogens is 368 g/mol. The number of carbonyl (C=O) groups is 1. The third-order valence-electron chi connectivity index (χ3n) is 4.49. The van der Waals surface area contributed by atoms with E-state index < -0.39 is 10.0 Å². The first-order valence-corrected chi connectivity index (χ1v) is 10.1. The molecule has 0 spiro atoms. The lowest BCUT2D eigenvalue weighted by molar-refractivity contribution is 0.102. The minimum Gasteiger partial charge on any atom is -0.493 e. The van der Waals surface area contributed by atoms with Crippen LogP contribution >= 0.6 is 0 Å². The molecule has 0 radical (unpaired) electrons. The second kappa shape index (κ2) is 7.48. The fourth-order valence-corrected chi connectivity index (χ4v) is 4.60. The van der Waals surface area contributed by atoms with Crippen LogP contribution in [0.4, 0.5) is 11.4 Å². The first-order valence-electron chi connectivity index (χ1n) is 8.50. The number of nitrogens with one attached hydrogen (secondary N) is 1. The number of hydrogen-bond acceptors (Lipinski definition) is 5. The number of ether oxygens (including phenoxy) is 2. The Labute approximate surface area is 158 Å². The van der Waals surface area contributed by atoms with Crippen molar-refractivity contribution in [1.29, 1.82) is 0 Å². The number of sulfonamides is 1. The van der Waals surface area contributed by atoms with Crippen LogP contribution in [0, 0.1) is 6.92 Å². The van der Waals surface area contributed by atoms with E-state index in [0.717, 1.165) is 5.56 Å². The fraction of sp³-hybridized carbons (Fsp3) is 0.316. The zero-order valence-corrected chi connectivity index (χ0v) is 16.3. The van der Waals surface area contributed by atoms with Crippen molar-refractivity contribution in [3.05, 3.63) is 47.5 Å². The van der Waals surface area contributed by atoms with Gasteiger partial charge in [0.05, 0.1) is 25.7 Å². The Morgan fingerprint density at radius 2 is 1.81 bits per heavy atom. The van der Waals surface area contributed by atoms with Crippen LogP contribution in [-0.2, 0) is 10.0 Å². The van der Waals surface area contributed by atoms with Gasteiger partial charge in [-0.05, 0) is 55.3 Å². The van der Waals surface area contributed by atoms with E-state index in [2.05, 4.69) is 5.32 Å². The van der Waals surface area contributed by atoms with E-state index in [0.29, 0.717) is 41.4 Å². The second-order valence-electron chi connectivity index (χ2n) is 6.26. The highest BCUT2D eigenvalue weighted by Crippen LogP contribution is 2.30. The largest absolute Gasteiger partial charge is 0.493 e. The molecule has 27 heavy (non-hydrogen) atoms. The van der Waals surface area contributed by atoms with Crippen molar-refractivity contribution in [2.75, 3.05) is 36.1 Å². The summed E-state index contributed by atoms with van der Waals surface area (Å²) in [4.78, 5) is 12.6. The van der Waals surface area contributed by atoms with Crippen LogP contribution in [0.3, 0.4) is 0 Å². The Kier molecular flexibility index (Phi) is 5.27. The molecule has 0 unspecified atom stereocenters. The smallest absolute Gasteiger partial charge is 0.255 e. The van der Waals surface area contributed by atoms with Crippen LogP contribution in [0.15, 0.2) is 36.4 Å². The molecule has 144 valence electrons. The van der Waals surface area contributed by atoms with Gasteiger partial charge in [0.2, 0.25) is 10.0 Å². The van der Waals surface area contributed by atoms with E-state index in [1.807, 2.05) is 6.92 Å². The maximum Gasteiger partial charge on any atom is 0.255 e. The average Bonchev–Trinajstić information content (AvgIpc) is 3.01. The van der Waals surface area contributed by atoms with Crippen molar-refractivity contribution in [1.82, 2.24) is 0 Å². The lowest BCUT2D eigenvalue weighted by Gasteiger charge is -2.19. The Morgan fingerprint density at radius 3 is 2.41 bits per heavy atom. The number of hydrogen-bond donors (Lipinski definition) is 1. The van der Waals surface area contributed by atoms with E-state index in [4.69, 9.17) is 9.47 Å². The second-order valence-corrected chi connectivity index (χ2v) is 8.28. The van der Waals surface area contributed by atoms with E-state index >= 15 is 0 Å². The normalized spacial score (nSPS) is 15.4. The maximum atomic E-state index is 12.6. The quantitative estimate of drug-likeness (QED) is 0.849. The number of benzene rings is 2. The van der Waals surface area contributed by atoms with Gasteiger partial charge < -0.3 is 14.8 Å². The van der Waals surface area contributed by atoms with Gasteiger partial charge in [-0.25, -0.2) is 8.42 Å². The van der Waals surface area contributed by atoms with Crippen LogP contribution in [0.1, 0.15) is 22.3 Å². The van der Waals surface area contributed by atoms with Crippen LogP contribution in [0.5, 0.6) is 11.5 Å². The third kappa shape index (κ3) is 3.85. The van der Waals surface area contributed by atoms with Gasteiger partial charge in [-0.2, -0.15) is 0 Å². The van der Waals surface area contributed by atoms with Crippen LogP contribution in [-0.4, -0.2) is 40.8 Å². The maximum absolute atomic E-state index is 12.6. The summed E-state index contributed by atoms with van der Waals surface area (Å²) in [5.41, 5.74) is 2.45. The highest BCUT2D eigenvalue weighted by Gasteiger charge is 2.28. The number of amides is 1. The van der Waals surface area contributed by atoms with E-state index in [-0.39, 0.29) is 11.7 Å². The van der Waals surface area contributed by atoms with Crippen LogP contribution < -0.4 is 19.1 Å². The number of anilines is 2. The Bertz CT molecular complexity index is 972. The molecule has 1 saturated heterocycles. The van der Waals surface area contributed by atoms with Gasteiger partial charge in [-0.1, -0.05) is 0 Å². The SMILES string of the molecule is COc1ccc(C(=O)Nc2ccc(N3CCCS3(=O)=O)cc2C)cc1OC. The first kappa shape index (κ1) is 19.0. The van der Waals surface area contributed by atoms with Crippen LogP contribution in [0.2, 0.25) is 0 Å². The lowest BCUT2D eigenvalue weighted by atomic mass is 10.1. The molecule has 2 aromatic carbocycles. The molecule has 1 aliphatic heterocycles. The summed E-state index contributed by atoms with van der Waals surface area (Å²) in [6.45, 7) is 2.32. The van der Waals surface area contributed by atoms with E-state index in [1.54, 1.807) is 36.4 Å². The molecule has 3 rings (SSSR count). The predicted octanol–water partition coefficient (Wildman–Crippen LogP) is 2.80. The molecule has 1 amide bonds.